The van der Waals surface area contributed by atoms with Crippen molar-refractivity contribution < 1.29 is 19.1 Å². The molecule has 1 aliphatic carbocycles. The molecule has 7 atom stereocenters. The molecule has 7 heteroatoms. The first kappa shape index (κ1) is 22.1. The van der Waals surface area contributed by atoms with Crippen molar-refractivity contribution in [3.05, 3.63) is 24.8 Å². The molecule has 7 nitrogen and oxygen atoms in total. The first-order valence-corrected chi connectivity index (χ1v) is 11.5. The Morgan fingerprint density at radius 1 is 1.29 bits per heavy atom. The summed E-state index contributed by atoms with van der Waals surface area (Å²) in [6, 6.07) is -0.698. The van der Waals surface area contributed by atoms with Crippen LogP contribution in [0.25, 0.3) is 0 Å². The molecule has 4 aliphatic rings. The summed E-state index contributed by atoms with van der Waals surface area (Å²) in [7, 11) is 0. The molecule has 0 unspecified atom stereocenters. The smallest absolute Gasteiger partial charge is 0.246 e. The second-order valence-corrected chi connectivity index (χ2v) is 10.6. The molecular weight excluding hydrogens is 394 g/mol. The van der Waals surface area contributed by atoms with Crippen LogP contribution in [0.5, 0.6) is 0 Å². The number of hydrogen-bond donors (Lipinski definition) is 2. The van der Waals surface area contributed by atoms with E-state index >= 15 is 0 Å². The summed E-state index contributed by atoms with van der Waals surface area (Å²) in [6.45, 7) is 11.9. The van der Waals surface area contributed by atoms with E-state index < -0.39 is 35.1 Å². The van der Waals surface area contributed by atoms with Gasteiger partial charge in [0.1, 0.15) is 11.6 Å². The van der Waals surface area contributed by atoms with Gasteiger partial charge in [-0.2, -0.15) is 0 Å². The number of ether oxygens (including phenoxy) is 1. The number of carbonyl (C=O) groups excluding carboxylic acids is 3. The quantitative estimate of drug-likeness (QED) is 0.654. The van der Waals surface area contributed by atoms with E-state index in [9.17, 15) is 14.4 Å². The Bertz CT molecular complexity index is 816. The number of carbonyl (C=O) groups is 3. The fourth-order valence-electron chi connectivity index (χ4n) is 5.85. The third kappa shape index (κ3) is 3.60. The van der Waals surface area contributed by atoms with Gasteiger partial charge in [0.15, 0.2) is 0 Å². The molecule has 0 radical (unpaired) electrons. The van der Waals surface area contributed by atoms with E-state index in [1.54, 1.807) is 6.08 Å². The Kier molecular flexibility index (Phi) is 5.53. The average molecular weight is 430 g/mol. The maximum atomic E-state index is 13.5. The van der Waals surface area contributed by atoms with Gasteiger partial charge in [-0.15, -0.1) is 6.58 Å². The summed E-state index contributed by atoms with van der Waals surface area (Å²) >= 11 is 0. The highest BCUT2D eigenvalue weighted by Crippen LogP contribution is 2.55. The Hall–Kier alpha value is -2.15. The number of nitrogens with one attached hydrogen (secondary N) is 2. The van der Waals surface area contributed by atoms with Gasteiger partial charge in [0.05, 0.1) is 17.9 Å². The van der Waals surface area contributed by atoms with Crippen molar-refractivity contribution in [3.63, 3.8) is 0 Å². The first-order valence-electron chi connectivity index (χ1n) is 11.5. The summed E-state index contributed by atoms with van der Waals surface area (Å²) < 4.78 is 6.30. The zero-order chi connectivity index (χ0) is 22.6. The van der Waals surface area contributed by atoms with Crippen molar-refractivity contribution in [3.8, 4) is 0 Å². The lowest BCUT2D eigenvalue weighted by molar-refractivity contribution is -0.142. The molecule has 1 spiro atoms. The third-order valence-electron chi connectivity index (χ3n) is 7.19. The van der Waals surface area contributed by atoms with Crippen LogP contribution >= 0.6 is 0 Å². The molecule has 0 aromatic carbocycles. The van der Waals surface area contributed by atoms with Gasteiger partial charge >= 0.3 is 0 Å². The van der Waals surface area contributed by atoms with Gasteiger partial charge in [-0.3, -0.25) is 14.4 Å². The topological polar surface area (TPSA) is 87.7 Å². The largest absolute Gasteiger partial charge is 0.359 e. The van der Waals surface area contributed by atoms with Crippen LogP contribution < -0.4 is 10.6 Å². The second kappa shape index (κ2) is 7.76. The van der Waals surface area contributed by atoms with Crippen LogP contribution in [0.2, 0.25) is 0 Å². The fraction of sp³-hybridized carbons (Fsp3) is 0.708. The van der Waals surface area contributed by atoms with E-state index in [1.807, 2.05) is 32.9 Å². The summed E-state index contributed by atoms with van der Waals surface area (Å²) in [5, 5.41) is 6.20. The zero-order valence-electron chi connectivity index (χ0n) is 19.0. The minimum Gasteiger partial charge on any atom is -0.359 e. The molecule has 3 amide bonds. The van der Waals surface area contributed by atoms with Crippen LogP contribution in [0.3, 0.4) is 0 Å². The van der Waals surface area contributed by atoms with Crippen LogP contribution in [-0.2, 0) is 19.1 Å². The van der Waals surface area contributed by atoms with Crippen molar-refractivity contribution >= 4 is 17.7 Å². The predicted molar refractivity (Wildman–Crippen MR) is 117 cm³/mol. The van der Waals surface area contributed by atoms with E-state index in [-0.39, 0.29) is 30.3 Å². The average Bonchev–Trinajstić information content (AvgIpc) is 3.30. The molecule has 0 aromatic rings. The van der Waals surface area contributed by atoms with Crippen molar-refractivity contribution in [1.82, 2.24) is 15.5 Å². The van der Waals surface area contributed by atoms with Crippen LogP contribution in [0.1, 0.15) is 53.4 Å². The van der Waals surface area contributed by atoms with Gasteiger partial charge in [-0.1, -0.05) is 38.0 Å². The van der Waals surface area contributed by atoms with Gasteiger partial charge in [0, 0.05) is 18.1 Å². The molecule has 3 fully saturated rings. The lowest BCUT2D eigenvalue weighted by Crippen LogP contribution is -2.58. The summed E-state index contributed by atoms with van der Waals surface area (Å²) in [5.41, 5.74) is -1.57. The Morgan fingerprint density at radius 2 is 2.00 bits per heavy atom. The maximum Gasteiger partial charge on any atom is 0.246 e. The van der Waals surface area contributed by atoms with Gasteiger partial charge < -0.3 is 20.3 Å². The van der Waals surface area contributed by atoms with E-state index in [0.29, 0.717) is 5.92 Å². The van der Waals surface area contributed by atoms with Crippen LogP contribution in [0, 0.1) is 17.8 Å². The van der Waals surface area contributed by atoms with E-state index in [2.05, 4.69) is 24.1 Å². The minimum atomic E-state index is -1.11. The Balaban J connectivity index is 1.63. The number of hydrogen-bond acceptors (Lipinski definition) is 4. The monoisotopic (exact) mass is 429 g/mol. The number of fused-ring (bicyclic) bond motifs is 1. The van der Waals surface area contributed by atoms with Gasteiger partial charge in [-0.05, 0) is 39.5 Å². The lowest BCUT2D eigenvalue weighted by atomic mass is 9.73. The highest BCUT2D eigenvalue weighted by Gasteiger charge is 2.72. The molecule has 0 aromatic heterocycles. The van der Waals surface area contributed by atoms with Crippen LogP contribution in [0.4, 0.5) is 0 Å². The van der Waals surface area contributed by atoms with Crippen molar-refractivity contribution in [1.29, 1.82) is 0 Å². The summed E-state index contributed by atoms with van der Waals surface area (Å²) in [5.74, 6) is -1.51. The molecule has 1 saturated carbocycles. The summed E-state index contributed by atoms with van der Waals surface area (Å²) in [4.78, 5) is 41.7. The highest BCUT2D eigenvalue weighted by molar-refractivity contribution is 6.00. The van der Waals surface area contributed by atoms with Gasteiger partial charge in [-0.25, -0.2) is 0 Å². The fourth-order valence-corrected chi connectivity index (χ4v) is 5.85. The van der Waals surface area contributed by atoms with E-state index in [1.165, 1.54) is 11.3 Å². The first-order chi connectivity index (χ1) is 14.6. The molecular formula is C24H35N3O4. The predicted octanol–water partition coefficient (Wildman–Crippen LogP) is 1.93. The van der Waals surface area contributed by atoms with Crippen LogP contribution in [0.15, 0.2) is 24.8 Å². The molecule has 170 valence electrons. The third-order valence-corrected chi connectivity index (χ3v) is 7.19. The standard InChI is InChI=1S/C24H35N3O4/c1-6-13-27-19(21(29)26-23(3,4)5)24-12-11-16(31-24)17(18(24)22(27)30)20(28)25-15-10-8-7-9-14(15)2/h6,11-12,14-19H,1,7-10,13H2,2-5H3,(H,25,28)(H,26,29)/t14-,15-,16-,17+,18-,19+,24-/m0/s1. The van der Waals surface area contributed by atoms with Crippen molar-refractivity contribution in [2.45, 2.75) is 82.7 Å². The van der Waals surface area contributed by atoms with E-state index in [4.69, 9.17) is 4.74 Å². The van der Waals surface area contributed by atoms with Crippen molar-refractivity contribution in [2.24, 2.45) is 17.8 Å². The molecule has 2 N–H and O–H groups in total. The molecule has 4 rings (SSSR count). The molecule has 2 saturated heterocycles. The SMILES string of the molecule is C=CCN1C(=O)[C@@H]2[C@H](C(=O)N[C@H]3CCCC[C@@H]3C)[C@@H]3C=C[C@@]2(O3)[C@H]1C(=O)NC(C)(C)C. The normalized spacial score (nSPS) is 38.8. The zero-order valence-corrected chi connectivity index (χ0v) is 19.0. The highest BCUT2D eigenvalue weighted by atomic mass is 16.5. The number of amides is 3. The lowest BCUT2D eigenvalue weighted by Gasteiger charge is -2.34. The van der Waals surface area contributed by atoms with Crippen molar-refractivity contribution in [2.75, 3.05) is 6.54 Å². The molecule has 3 heterocycles. The Morgan fingerprint density at radius 3 is 2.65 bits per heavy atom. The van der Waals surface area contributed by atoms with Gasteiger partial charge in [0.25, 0.3) is 0 Å². The second-order valence-electron chi connectivity index (χ2n) is 10.6. The molecule has 2 bridgehead atoms. The summed E-state index contributed by atoms with van der Waals surface area (Å²) in [6.07, 6.45) is 9.18. The number of likely N-dealkylation sites (tertiary alicyclic amines) is 1. The molecule has 3 aliphatic heterocycles. The van der Waals surface area contributed by atoms with E-state index in [0.717, 1.165) is 19.3 Å². The van der Waals surface area contributed by atoms with Gasteiger partial charge in [0.2, 0.25) is 17.7 Å². The minimum absolute atomic E-state index is 0.126. The number of rotatable bonds is 5. The maximum absolute atomic E-state index is 13.5. The number of nitrogens with zero attached hydrogens (tertiary/aromatic N) is 1. The van der Waals surface area contributed by atoms with Crippen LogP contribution in [-0.4, -0.2) is 58.5 Å². The molecule has 31 heavy (non-hydrogen) atoms. The Labute approximate surface area is 184 Å².